The molecule has 0 spiro atoms. The van der Waals surface area contributed by atoms with Crippen molar-refractivity contribution in [1.29, 1.82) is 0 Å². The van der Waals surface area contributed by atoms with E-state index >= 15 is 0 Å². The van der Waals surface area contributed by atoms with Crippen molar-refractivity contribution >= 4 is 28.2 Å². The Hall–Kier alpha value is -3.26. The minimum atomic E-state index is -0.196. The van der Waals surface area contributed by atoms with Crippen LogP contribution in [-0.4, -0.2) is 57.9 Å². The smallest absolute Gasteiger partial charge is 0.278 e. The van der Waals surface area contributed by atoms with E-state index in [0.717, 1.165) is 50.4 Å². The average Bonchev–Trinajstić information content (AvgIpc) is 2.78. The summed E-state index contributed by atoms with van der Waals surface area (Å²) >= 11 is 0. The molecule has 1 fully saturated rings. The molecule has 31 heavy (non-hydrogen) atoms. The van der Waals surface area contributed by atoms with E-state index < -0.39 is 0 Å². The van der Waals surface area contributed by atoms with Crippen LogP contribution in [0.5, 0.6) is 0 Å². The molecule has 1 aromatic carbocycles. The predicted octanol–water partition coefficient (Wildman–Crippen LogP) is 2.82. The van der Waals surface area contributed by atoms with Gasteiger partial charge in [-0.15, -0.1) is 6.58 Å². The Labute approximate surface area is 182 Å². The van der Waals surface area contributed by atoms with E-state index in [4.69, 9.17) is 0 Å². The number of allylic oxidation sites excluding steroid dienone is 1. The zero-order valence-electron chi connectivity index (χ0n) is 18.2. The Morgan fingerprint density at radius 3 is 2.58 bits per heavy atom. The van der Waals surface area contributed by atoms with Gasteiger partial charge in [-0.05, 0) is 37.7 Å². The molecule has 1 aliphatic heterocycles. The molecule has 0 atom stereocenters. The van der Waals surface area contributed by atoms with Gasteiger partial charge in [-0.2, -0.15) is 5.10 Å². The third-order valence-corrected chi connectivity index (χ3v) is 5.55. The maximum Gasteiger partial charge on any atom is 0.278 e. The lowest BCUT2D eigenvalue weighted by molar-refractivity contribution is 0.313. The van der Waals surface area contributed by atoms with E-state index in [1.54, 1.807) is 12.3 Å². The van der Waals surface area contributed by atoms with Crippen LogP contribution in [0.2, 0.25) is 0 Å². The predicted molar refractivity (Wildman–Crippen MR) is 125 cm³/mol. The number of nitrogens with one attached hydrogen (secondary N) is 1. The second-order valence-corrected chi connectivity index (χ2v) is 7.89. The van der Waals surface area contributed by atoms with Crippen LogP contribution in [0.4, 0.5) is 17.3 Å². The number of hydrogen-bond donors (Lipinski definition) is 1. The zero-order valence-corrected chi connectivity index (χ0v) is 18.2. The topological polar surface area (TPSA) is 79.2 Å². The summed E-state index contributed by atoms with van der Waals surface area (Å²) in [6, 6.07) is 8.31. The molecule has 0 amide bonds. The summed E-state index contributed by atoms with van der Waals surface area (Å²) in [4.78, 5) is 26.5. The maximum atomic E-state index is 12.7. The Bertz CT molecular complexity index is 1120. The number of benzene rings is 1. The number of rotatable bonds is 7. The number of piperazine rings is 1. The van der Waals surface area contributed by atoms with Gasteiger partial charge in [0.15, 0.2) is 0 Å². The number of aromatic nitrogens is 4. The normalized spacial score (nSPS) is 14.7. The maximum absolute atomic E-state index is 12.7. The van der Waals surface area contributed by atoms with Gasteiger partial charge in [0.1, 0.15) is 5.52 Å². The molecule has 3 heterocycles. The monoisotopic (exact) mass is 419 g/mol. The molecule has 0 bridgehead atoms. The largest absolute Gasteiger partial charge is 0.369 e. The summed E-state index contributed by atoms with van der Waals surface area (Å²) in [5.41, 5.74) is 3.34. The zero-order chi connectivity index (χ0) is 21.8. The summed E-state index contributed by atoms with van der Waals surface area (Å²) in [6.45, 7) is 10.4. The van der Waals surface area contributed by atoms with Crippen molar-refractivity contribution in [2.75, 3.05) is 43.4 Å². The number of likely N-dealkylation sites (N-methyl/N-ethyl adjacent to an activating group) is 1. The molecule has 1 saturated heterocycles. The van der Waals surface area contributed by atoms with Crippen molar-refractivity contribution in [3.05, 3.63) is 59.2 Å². The van der Waals surface area contributed by atoms with Crippen molar-refractivity contribution in [2.45, 2.75) is 26.3 Å². The highest BCUT2D eigenvalue weighted by Crippen LogP contribution is 2.22. The molecule has 2 aromatic heterocycles. The van der Waals surface area contributed by atoms with Gasteiger partial charge in [-0.3, -0.25) is 4.79 Å². The summed E-state index contributed by atoms with van der Waals surface area (Å²) in [7, 11) is 2.16. The molecule has 3 aromatic rings. The van der Waals surface area contributed by atoms with E-state index in [1.807, 2.05) is 12.1 Å². The Balaban J connectivity index is 1.58. The minimum absolute atomic E-state index is 0.196. The van der Waals surface area contributed by atoms with Gasteiger partial charge < -0.3 is 15.1 Å². The third-order valence-electron chi connectivity index (χ3n) is 5.55. The average molecular weight is 420 g/mol. The first-order valence-electron chi connectivity index (χ1n) is 10.8. The molecule has 162 valence electrons. The summed E-state index contributed by atoms with van der Waals surface area (Å²) < 4.78 is 1.42. The molecule has 0 saturated carbocycles. The second kappa shape index (κ2) is 9.26. The van der Waals surface area contributed by atoms with Crippen molar-refractivity contribution in [2.24, 2.45) is 0 Å². The molecular weight excluding hydrogens is 390 g/mol. The van der Waals surface area contributed by atoms with Gasteiger partial charge in [0.25, 0.3) is 5.56 Å². The number of aryl methyl sites for hydroxylation is 1. The van der Waals surface area contributed by atoms with Crippen LogP contribution in [0.25, 0.3) is 10.9 Å². The molecule has 0 aliphatic carbocycles. The Morgan fingerprint density at radius 2 is 1.90 bits per heavy atom. The van der Waals surface area contributed by atoms with Crippen molar-refractivity contribution in [1.82, 2.24) is 24.6 Å². The first-order valence-corrected chi connectivity index (χ1v) is 10.8. The van der Waals surface area contributed by atoms with Crippen LogP contribution in [0.15, 0.2) is 47.9 Å². The highest BCUT2D eigenvalue weighted by molar-refractivity contribution is 5.80. The molecule has 4 rings (SSSR count). The van der Waals surface area contributed by atoms with Crippen LogP contribution < -0.4 is 15.8 Å². The van der Waals surface area contributed by atoms with Gasteiger partial charge in [0.2, 0.25) is 5.95 Å². The standard InChI is InChI=1S/C23H29N7O/c1-4-6-20-21-19(22(31)30(27-20)11-5-2)16-24-23(26-21)25-17-7-9-18(10-8-17)29-14-12-28(3)13-15-29/h5,7-10,16H,2,4,6,11-15H2,1,3H3,(H,24,25,26). The van der Waals surface area contributed by atoms with Gasteiger partial charge in [0, 0.05) is 43.8 Å². The molecule has 8 nitrogen and oxygen atoms in total. The quantitative estimate of drug-likeness (QED) is 0.590. The Kier molecular flexibility index (Phi) is 6.27. The first-order chi connectivity index (χ1) is 15.1. The van der Waals surface area contributed by atoms with Crippen LogP contribution in [0, 0.1) is 0 Å². The van der Waals surface area contributed by atoms with E-state index in [9.17, 15) is 4.79 Å². The fourth-order valence-electron chi connectivity index (χ4n) is 3.80. The van der Waals surface area contributed by atoms with E-state index in [0.29, 0.717) is 23.4 Å². The SMILES string of the molecule is C=CCn1nc(CCC)c2nc(Nc3ccc(N4CCN(C)CC4)cc3)ncc2c1=O. The summed E-state index contributed by atoms with van der Waals surface area (Å²) in [5, 5.41) is 8.25. The van der Waals surface area contributed by atoms with E-state index in [1.165, 1.54) is 10.4 Å². The lowest BCUT2D eigenvalue weighted by Crippen LogP contribution is -2.44. The summed E-state index contributed by atoms with van der Waals surface area (Å²) in [5.74, 6) is 0.458. The van der Waals surface area contributed by atoms with Gasteiger partial charge in [0.05, 0.1) is 17.6 Å². The lowest BCUT2D eigenvalue weighted by atomic mass is 10.2. The van der Waals surface area contributed by atoms with E-state index in [-0.39, 0.29) is 5.56 Å². The second-order valence-electron chi connectivity index (χ2n) is 7.89. The lowest BCUT2D eigenvalue weighted by Gasteiger charge is -2.34. The van der Waals surface area contributed by atoms with Crippen molar-refractivity contribution < 1.29 is 0 Å². The summed E-state index contributed by atoms with van der Waals surface area (Å²) in [6.07, 6.45) is 4.91. The van der Waals surface area contributed by atoms with Gasteiger partial charge in [-0.1, -0.05) is 19.4 Å². The van der Waals surface area contributed by atoms with Crippen molar-refractivity contribution in [3.8, 4) is 0 Å². The van der Waals surface area contributed by atoms with Gasteiger partial charge >= 0.3 is 0 Å². The third kappa shape index (κ3) is 4.59. The number of anilines is 3. The van der Waals surface area contributed by atoms with Crippen LogP contribution in [0.1, 0.15) is 19.0 Å². The number of hydrogen-bond acceptors (Lipinski definition) is 7. The molecule has 8 heteroatoms. The fraction of sp³-hybridized carbons (Fsp3) is 0.391. The fourth-order valence-corrected chi connectivity index (χ4v) is 3.80. The highest BCUT2D eigenvalue weighted by Gasteiger charge is 2.15. The number of fused-ring (bicyclic) bond motifs is 1. The van der Waals surface area contributed by atoms with Crippen LogP contribution in [-0.2, 0) is 13.0 Å². The minimum Gasteiger partial charge on any atom is -0.369 e. The Morgan fingerprint density at radius 1 is 1.16 bits per heavy atom. The highest BCUT2D eigenvalue weighted by atomic mass is 16.1. The first kappa shape index (κ1) is 21.0. The molecule has 1 aliphatic rings. The van der Waals surface area contributed by atoms with Gasteiger partial charge in [-0.25, -0.2) is 14.6 Å². The molecule has 1 N–H and O–H groups in total. The van der Waals surface area contributed by atoms with Crippen LogP contribution in [0.3, 0.4) is 0 Å². The molecule has 0 unspecified atom stereocenters. The number of nitrogens with zero attached hydrogens (tertiary/aromatic N) is 6. The van der Waals surface area contributed by atoms with Crippen LogP contribution >= 0.6 is 0 Å². The van der Waals surface area contributed by atoms with E-state index in [2.05, 4.69) is 62.9 Å². The molecule has 0 radical (unpaired) electrons. The van der Waals surface area contributed by atoms with Crippen molar-refractivity contribution in [3.63, 3.8) is 0 Å². The molecular formula is C23H29N7O.